The average molecular weight is 425 g/mol. The second-order valence-corrected chi connectivity index (χ2v) is 8.02. The summed E-state index contributed by atoms with van der Waals surface area (Å²) in [7, 11) is 0. The van der Waals surface area contributed by atoms with Crippen molar-refractivity contribution in [2.24, 2.45) is 5.92 Å². The Labute approximate surface area is 180 Å². The summed E-state index contributed by atoms with van der Waals surface area (Å²) in [5, 5.41) is 11.1. The summed E-state index contributed by atoms with van der Waals surface area (Å²) in [6, 6.07) is 7.15. The molecule has 4 rings (SSSR count). The summed E-state index contributed by atoms with van der Waals surface area (Å²) < 4.78 is 16.2. The van der Waals surface area contributed by atoms with Crippen molar-refractivity contribution in [3.63, 3.8) is 0 Å². The van der Waals surface area contributed by atoms with Crippen molar-refractivity contribution in [3.8, 4) is 17.1 Å². The standard InChI is InChI=1S/C22H27N5O4/c1-4-29-16-9-7-15(8-10-16)20-24-18(30-26-20)12-11-17(28)23-19(13(2)3)22-25-21(27-31-22)14-5-6-14/h7-10,13-14,19H,4-6,11-12H2,1-3H3,(H,23,28). The minimum atomic E-state index is -0.324. The van der Waals surface area contributed by atoms with Crippen molar-refractivity contribution < 1.29 is 18.6 Å². The molecule has 1 aliphatic rings. The van der Waals surface area contributed by atoms with Gasteiger partial charge in [-0.2, -0.15) is 9.97 Å². The maximum Gasteiger partial charge on any atom is 0.249 e. The predicted molar refractivity (Wildman–Crippen MR) is 111 cm³/mol. The smallest absolute Gasteiger partial charge is 0.249 e. The highest BCUT2D eigenvalue weighted by Gasteiger charge is 2.31. The highest BCUT2D eigenvalue weighted by atomic mass is 16.5. The molecule has 1 amide bonds. The van der Waals surface area contributed by atoms with E-state index in [1.807, 2.05) is 45.0 Å². The molecule has 9 nitrogen and oxygen atoms in total. The van der Waals surface area contributed by atoms with Crippen molar-refractivity contribution >= 4 is 5.91 Å². The van der Waals surface area contributed by atoms with Gasteiger partial charge in [0.1, 0.15) is 11.8 Å². The van der Waals surface area contributed by atoms with Crippen LogP contribution in [0.5, 0.6) is 5.75 Å². The number of aryl methyl sites for hydroxylation is 1. The van der Waals surface area contributed by atoms with Crippen LogP contribution in [0.2, 0.25) is 0 Å². The van der Waals surface area contributed by atoms with Gasteiger partial charge in [0, 0.05) is 24.3 Å². The molecule has 3 aromatic rings. The highest BCUT2D eigenvalue weighted by molar-refractivity contribution is 5.76. The summed E-state index contributed by atoms with van der Waals surface area (Å²) >= 11 is 0. The van der Waals surface area contributed by atoms with E-state index in [0.717, 1.165) is 30.0 Å². The van der Waals surface area contributed by atoms with Crippen LogP contribution in [0.1, 0.15) is 69.6 Å². The Kier molecular flexibility index (Phi) is 6.29. The molecule has 0 spiro atoms. The summed E-state index contributed by atoms with van der Waals surface area (Å²) in [6.07, 6.45) is 2.76. The number of carbonyl (C=O) groups excluding carboxylic acids is 1. The SMILES string of the molecule is CCOc1ccc(-c2noc(CCC(=O)NC(c3nc(C4CC4)no3)C(C)C)n2)cc1. The molecule has 1 unspecified atom stereocenters. The van der Waals surface area contributed by atoms with Crippen molar-refractivity contribution in [1.29, 1.82) is 0 Å². The number of rotatable bonds is 10. The molecular weight excluding hydrogens is 398 g/mol. The topological polar surface area (TPSA) is 116 Å². The highest BCUT2D eigenvalue weighted by Crippen LogP contribution is 2.38. The number of nitrogens with one attached hydrogen (secondary N) is 1. The van der Waals surface area contributed by atoms with Crippen LogP contribution in [0.15, 0.2) is 33.3 Å². The maximum absolute atomic E-state index is 12.5. The van der Waals surface area contributed by atoms with Crippen molar-refractivity contribution in [2.45, 2.75) is 58.4 Å². The number of benzene rings is 1. The van der Waals surface area contributed by atoms with Gasteiger partial charge < -0.3 is 19.1 Å². The third kappa shape index (κ3) is 5.28. The van der Waals surface area contributed by atoms with Gasteiger partial charge in [-0.05, 0) is 49.9 Å². The van der Waals surface area contributed by atoms with E-state index in [0.29, 0.717) is 36.6 Å². The number of aromatic nitrogens is 4. The van der Waals surface area contributed by atoms with Gasteiger partial charge >= 0.3 is 0 Å². The molecule has 0 saturated heterocycles. The van der Waals surface area contributed by atoms with E-state index in [1.165, 1.54) is 0 Å². The van der Waals surface area contributed by atoms with Crippen molar-refractivity contribution in [3.05, 3.63) is 41.9 Å². The van der Waals surface area contributed by atoms with Crippen LogP contribution in [0, 0.1) is 5.92 Å². The molecule has 1 aliphatic carbocycles. The zero-order chi connectivity index (χ0) is 21.8. The summed E-state index contributed by atoms with van der Waals surface area (Å²) in [5.74, 6) is 3.27. The summed E-state index contributed by atoms with van der Waals surface area (Å²) in [5.41, 5.74) is 0.825. The number of amides is 1. The van der Waals surface area contributed by atoms with E-state index in [9.17, 15) is 4.79 Å². The number of carbonyl (C=O) groups is 1. The van der Waals surface area contributed by atoms with E-state index in [1.54, 1.807) is 0 Å². The van der Waals surface area contributed by atoms with Crippen LogP contribution in [0.4, 0.5) is 0 Å². The fraction of sp³-hybridized carbons (Fsp3) is 0.500. The quantitative estimate of drug-likeness (QED) is 0.521. The Bertz CT molecular complexity index is 1010. The van der Waals surface area contributed by atoms with Gasteiger partial charge in [-0.25, -0.2) is 0 Å². The largest absolute Gasteiger partial charge is 0.494 e. The number of hydrogen-bond donors (Lipinski definition) is 1. The molecule has 164 valence electrons. The second kappa shape index (κ2) is 9.28. The lowest BCUT2D eigenvalue weighted by Crippen LogP contribution is -2.32. The van der Waals surface area contributed by atoms with Gasteiger partial charge in [-0.15, -0.1) is 0 Å². The monoisotopic (exact) mass is 425 g/mol. The first-order valence-electron chi connectivity index (χ1n) is 10.7. The molecule has 1 fully saturated rings. The van der Waals surface area contributed by atoms with Crippen LogP contribution in [0.3, 0.4) is 0 Å². The zero-order valence-electron chi connectivity index (χ0n) is 18.0. The molecule has 0 bridgehead atoms. The first-order chi connectivity index (χ1) is 15.0. The van der Waals surface area contributed by atoms with E-state index in [2.05, 4.69) is 25.6 Å². The van der Waals surface area contributed by atoms with E-state index < -0.39 is 0 Å². The van der Waals surface area contributed by atoms with Gasteiger partial charge in [0.2, 0.25) is 23.5 Å². The first-order valence-corrected chi connectivity index (χ1v) is 10.7. The van der Waals surface area contributed by atoms with Gasteiger partial charge in [-0.1, -0.05) is 24.2 Å². The number of hydrogen-bond acceptors (Lipinski definition) is 8. The van der Waals surface area contributed by atoms with Gasteiger partial charge in [0.05, 0.1) is 6.61 Å². The third-order valence-corrected chi connectivity index (χ3v) is 5.11. The minimum absolute atomic E-state index is 0.117. The zero-order valence-corrected chi connectivity index (χ0v) is 18.0. The van der Waals surface area contributed by atoms with Crippen LogP contribution in [0.25, 0.3) is 11.4 Å². The molecule has 1 aromatic carbocycles. The van der Waals surface area contributed by atoms with Crippen LogP contribution < -0.4 is 10.1 Å². The molecule has 0 radical (unpaired) electrons. The fourth-order valence-electron chi connectivity index (χ4n) is 3.20. The fourth-order valence-corrected chi connectivity index (χ4v) is 3.20. The lowest BCUT2D eigenvalue weighted by Gasteiger charge is -2.18. The van der Waals surface area contributed by atoms with Gasteiger partial charge in [-0.3, -0.25) is 4.79 Å². The molecule has 31 heavy (non-hydrogen) atoms. The van der Waals surface area contributed by atoms with E-state index in [4.69, 9.17) is 13.8 Å². The minimum Gasteiger partial charge on any atom is -0.494 e. The number of nitrogens with zero attached hydrogens (tertiary/aromatic N) is 4. The number of ether oxygens (including phenoxy) is 1. The Morgan fingerprint density at radius 3 is 2.61 bits per heavy atom. The summed E-state index contributed by atoms with van der Waals surface area (Å²) in [6.45, 7) is 6.56. The molecular formula is C22H27N5O4. The average Bonchev–Trinajstić information content (AvgIpc) is 3.31. The lowest BCUT2D eigenvalue weighted by atomic mass is 10.0. The second-order valence-electron chi connectivity index (χ2n) is 8.02. The lowest BCUT2D eigenvalue weighted by molar-refractivity contribution is -0.122. The molecule has 2 heterocycles. The molecule has 1 atom stereocenters. The van der Waals surface area contributed by atoms with E-state index in [-0.39, 0.29) is 24.3 Å². The Balaban J connectivity index is 1.32. The molecule has 1 N–H and O–H groups in total. The van der Waals surface area contributed by atoms with Gasteiger partial charge in [0.15, 0.2) is 5.82 Å². The van der Waals surface area contributed by atoms with Crippen molar-refractivity contribution in [2.75, 3.05) is 6.61 Å². The predicted octanol–water partition coefficient (Wildman–Crippen LogP) is 3.84. The van der Waals surface area contributed by atoms with E-state index >= 15 is 0 Å². The molecule has 9 heteroatoms. The summed E-state index contributed by atoms with van der Waals surface area (Å²) in [4.78, 5) is 21.4. The first kappa shape index (κ1) is 21.0. The Morgan fingerprint density at radius 2 is 1.94 bits per heavy atom. The third-order valence-electron chi connectivity index (χ3n) is 5.11. The van der Waals surface area contributed by atoms with Crippen LogP contribution in [-0.4, -0.2) is 32.8 Å². The maximum atomic E-state index is 12.5. The Hall–Kier alpha value is -3.23. The van der Waals surface area contributed by atoms with Gasteiger partial charge in [0.25, 0.3) is 0 Å². The normalized spacial score (nSPS) is 14.6. The van der Waals surface area contributed by atoms with Crippen molar-refractivity contribution in [1.82, 2.24) is 25.6 Å². The Morgan fingerprint density at radius 1 is 1.16 bits per heavy atom. The molecule has 0 aliphatic heterocycles. The van der Waals surface area contributed by atoms with Crippen LogP contribution in [-0.2, 0) is 11.2 Å². The van der Waals surface area contributed by atoms with Crippen LogP contribution >= 0.6 is 0 Å². The molecule has 2 aromatic heterocycles. The molecule has 1 saturated carbocycles.